The van der Waals surface area contributed by atoms with Crippen LogP contribution in [0.2, 0.25) is 18.1 Å². The molecule has 0 atom stereocenters. The second-order valence-corrected chi connectivity index (χ2v) is 13.2. The molecule has 0 radical (unpaired) electrons. The molecule has 24 heavy (non-hydrogen) atoms. The van der Waals surface area contributed by atoms with E-state index in [0.717, 1.165) is 25.7 Å². The van der Waals surface area contributed by atoms with Crippen LogP contribution in [0.1, 0.15) is 52.9 Å². The number of amides is 1. The molecule has 134 valence electrons. The van der Waals surface area contributed by atoms with E-state index in [4.69, 9.17) is 4.43 Å². The molecule has 1 aliphatic carbocycles. The highest BCUT2D eigenvalue weighted by atomic mass is 28.4. The molecule has 1 saturated carbocycles. The van der Waals surface area contributed by atoms with Crippen molar-refractivity contribution in [2.24, 2.45) is 4.99 Å². The molecule has 5 nitrogen and oxygen atoms in total. The fourth-order valence-corrected chi connectivity index (χ4v) is 4.28. The Morgan fingerprint density at radius 2 is 1.92 bits per heavy atom. The summed E-state index contributed by atoms with van der Waals surface area (Å²) in [6.07, 6.45) is 6.75. The molecule has 0 aromatic rings. The maximum atomic E-state index is 12.2. The summed E-state index contributed by atoms with van der Waals surface area (Å²) in [4.78, 5) is 26.8. The molecule has 2 aliphatic rings. The molecule has 0 unspecified atom stereocenters. The first-order chi connectivity index (χ1) is 11.1. The van der Waals surface area contributed by atoms with Gasteiger partial charge in [-0.2, -0.15) is 0 Å². The van der Waals surface area contributed by atoms with Crippen LogP contribution in [0.3, 0.4) is 0 Å². The second kappa shape index (κ2) is 7.31. The predicted octanol–water partition coefficient (Wildman–Crippen LogP) is 3.36. The van der Waals surface area contributed by atoms with Crippen molar-refractivity contribution in [1.29, 1.82) is 0 Å². The van der Waals surface area contributed by atoms with Crippen LogP contribution in [-0.2, 0) is 14.0 Å². The number of carbonyl (C=O) groups is 2. The van der Waals surface area contributed by atoms with E-state index in [9.17, 15) is 9.59 Å². The van der Waals surface area contributed by atoms with E-state index in [0.29, 0.717) is 30.1 Å². The third-order valence-corrected chi connectivity index (χ3v) is 10.00. The number of carbonyl (C=O) groups excluding carboxylic acids is 2. The number of hydrogen-bond donors (Lipinski definition) is 1. The molecule has 1 fully saturated rings. The van der Waals surface area contributed by atoms with Gasteiger partial charge in [-0.05, 0) is 43.8 Å². The van der Waals surface area contributed by atoms with Gasteiger partial charge in [-0.3, -0.25) is 14.6 Å². The molecule has 1 amide bonds. The number of nitrogens with zero attached hydrogens (tertiary/aromatic N) is 1. The Morgan fingerprint density at radius 1 is 1.29 bits per heavy atom. The Morgan fingerprint density at radius 3 is 2.42 bits per heavy atom. The molecule has 6 heteroatoms. The van der Waals surface area contributed by atoms with Crippen molar-refractivity contribution in [1.82, 2.24) is 5.32 Å². The molecule has 0 spiro atoms. The maximum absolute atomic E-state index is 12.2. The average molecular weight is 351 g/mol. The number of nitrogens with one attached hydrogen (secondary N) is 1. The monoisotopic (exact) mass is 350 g/mol. The van der Waals surface area contributed by atoms with Gasteiger partial charge >= 0.3 is 0 Å². The van der Waals surface area contributed by atoms with Crippen molar-refractivity contribution in [3.8, 4) is 0 Å². The molecule has 2 rings (SSSR count). The van der Waals surface area contributed by atoms with Gasteiger partial charge < -0.3 is 9.74 Å². The molecular weight excluding hydrogens is 320 g/mol. The van der Waals surface area contributed by atoms with Gasteiger partial charge in [0.15, 0.2) is 14.6 Å². The number of aliphatic imine (C=N–C) groups is 1. The summed E-state index contributed by atoms with van der Waals surface area (Å²) in [7, 11) is -1.72. The Kier molecular flexibility index (Phi) is 5.81. The highest BCUT2D eigenvalue weighted by molar-refractivity contribution is 6.74. The van der Waals surface area contributed by atoms with Crippen molar-refractivity contribution in [2.45, 2.75) is 83.2 Å². The van der Waals surface area contributed by atoms with E-state index in [1.807, 2.05) is 0 Å². The van der Waals surface area contributed by atoms with Crippen LogP contribution >= 0.6 is 0 Å². The molecule has 1 aliphatic heterocycles. The lowest BCUT2D eigenvalue weighted by Crippen LogP contribution is -2.46. The van der Waals surface area contributed by atoms with Crippen LogP contribution in [0, 0.1) is 0 Å². The zero-order chi connectivity index (χ0) is 18.0. The standard InChI is InChI=1S/C18H30N2O3Si/c1-18(2,3)24(4,5)23-16-8-6-14(7-9-16)20-17(22)13-10-15(12-21)19-11-13/h11-12,14,16H,6-10H2,1-5H3,(H,20,22). The zero-order valence-corrected chi connectivity index (χ0v) is 16.5. The highest BCUT2D eigenvalue weighted by Gasteiger charge is 2.39. The molecule has 0 bridgehead atoms. The molecule has 0 aromatic carbocycles. The van der Waals surface area contributed by atoms with Crippen LogP contribution in [0.25, 0.3) is 0 Å². The minimum absolute atomic E-state index is 0.0932. The molecule has 0 saturated heterocycles. The summed E-state index contributed by atoms with van der Waals surface area (Å²) in [5.74, 6) is -0.0932. The smallest absolute Gasteiger partial charge is 0.249 e. The largest absolute Gasteiger partial charge is 0.414 e. The fraction of sp³-hybridized carbons (Fsp3) is 0.722. The van der Waals surface area contributed by atoms with E-state index < -0.39 is 8.32 Å². The summed E-state index contributed by atoms with van der Waals surface area (Å²) >= 11 is 0. The van der Waals surface area contributed by atoms with Crippen LogP contribution < -0.4 is 5.32 Å². The number of hydrogen-bond acceptors (Lipinski definition) is 4. The molecule has 1 N–H and O–H groups in total. The second-order valence-electron chi connectivity index (χ2n) is 8.39. The summed E-state index contributed by atoms with van der Waals surface area (Å²) < 4.78 is 6.48. The molecule has 0 aromatic heterocycles. The maximum Gasteiger partial charge on any atom is 0.249 e. The SMILES string of the molecule is CC(C)(C)[Si](C)(C)OC1CCC(NC(=O)C2=CN=C(C=O)C2)CC1. The van der Waals surface area contributed by atoms with E-state index in [-0.39, 0.29) is 17.0 Å². The van der Waals surface area contributed by atoms with Crippen molar-refractivity contribution in [2.75, 3.05) is 0 Å². The van der Waals surface area contributed by atoms with Gasteiger partial charge in [-0.15, -0.1) is 0 Å². The van der Waals surface area contributed by atoms with Gasteiger partial charge in [0.1, 0.15) is 0 Å². The lowest BCUT2D eigenvalue weighted by molar-refractivity contribution is -0.118. The van der Waals surface area contributed by atoms with Crippen LogP contribution in [0.5, 0.6) is 0 Å². The Labute approximate surface area is 146 Å². The van der Waals surface area contributed by atoms with Crippen molar-refractivity contribution >= 4 is 26.2 Å². The lowest BCUT2D eigenvalue weighted by atomic mass is 9.93. The third-order valence-electron chi connectivity index (χ3n) is 5.46. The van der Waals surface area contributed by atoms with E-state index in [2.05, 4.69) is 44.2 Å². The fourth-order valence-electron chi connectivity index (χ4n) is 2.85. The lowest BCUT2D eigenvalue weighted by Gasteiger charge is -2.41. The van der Waals surface area contributed by atoms with Gasteiger partial charge in [-0.1, -0.05) is 20.8 Å². The topological polar surface area (TPSA) is 67.8 Å². The van der Waals surface area contributed by atoms with E-state index in [1.165, 1.54) is 6.20 Å². The van der Waals surface area contributed by atoms with E-state index in [1.54, 1.807) is 0 Å². The van der Waals surface area contributed by atoms with Gasteiger partial charge in [0.05, 0.1) is 5.71 Å². The van der Waals surface area contributed by atoms with Crippen molar-refractivity contribution < 1.29 is 14.0 Å². The minimum Gasteiger partial charge on any atom is -0.414 e. The third kappa shape index (κ3) is 4.63. The van der Waals surface area contributed by atoms with Crippen LogP contribution in [0.15, 0.2) is 16.8 Å². The Balaban J connectivity index is 1.77. The summed E-state index contributed by atoms with van der Waals surface area (Å²) in [5.41, 5.74) is 1.00. The quantitative estimate of drug-likeness (QED) is 0.610. The number of aldehydes is 1. The Bertz CT molecular complexity index is 553. The van der Waals surface area contributed by atoms with Gasteiger partial charge in [-0.25, -0.2) is 0 Å². The van der Waals surface area contributed by atoms with Crippen LogP contribution in [-0.4, -0.2) is 38.4 Å². The summed E-state index contributed by atoms with van der Waals surface area (Å²) in [5, 5.41) is 3.30. The van der Waals surface area contributed by atoms with Gasteiger partial charge in [0, 0.05) is 30.3 Å². The summed E-state index contributed by atoms with van der Waals surface area (Å²) in [6.45, 7) is 11.4. The summed E-state index contributed by atoms with van der Waals surface area (Å²) in [6, 6.07) is 0.193. The molecular formula is C18H30N2O3Si. The average Bonchev–Trinajstić information content (AvgIpc) is 2.97. The first-order valence-corrected chi connectivity index (χ1v) is 11.7. The highest BCUT2D eigenvalue weighted by Crippen LogP contribution is 2.39. The Hall–Kier alpha value is -1.27. The van der Waals surface area contributed by atoms with E-state index >= 15 is 0 Å². The van der Waals surface area contributed by atoms with Crippen molar-refractivity contribution in [3.05, 3.63) is 11.8 Å². The molecule has 1 heterocycles. The first kappa shape index (κ1) is 19.1. The predicted molar refractivity (Wildman–Crippen MR) is 98.7 cm³/mol. The first-order valence-electron chi connectivity index (χ1n) is 8.82. The normalized spacial score (nSPS) is 25.0. The van der Waals surface area contributed by atoms with Gasteiger partial charge in [0.2, 0.25) is 5.91 Å². The van der Waals surface area contributed by atoms with Gasteiger partial charge in [0.25, 0.3) is 0 Å². The van der Waals surface area contributed by atoms with Crippen molar-refractivity contribution in [3.63, 3.8) is 0 Å². The minimum atomic E-state index is -1.72. The number of rotatable bonds is 5. The van der Waals surface area contributed by atoms with Crippen LogP contribution in [0.4, 0.5) is 0 Å². The zero-order valence-electron chi connectivity index (χ0n) is 15.5.